The van der Waals surface area contributed by atoms with Crippen LogP contribution in [-0.4, -0.2) is 18.2 Å². The van der Waals surface area contributed by atoms with Crippen molar-refractivity contribution in [3.05, 3.63) is 22.5 Å². The van der Waals surface area contributed by atoms with E-state index in [4.69, 9.17) is 4.74 Å². The molecule has 7 atom stereocenters. The molecule has 0 radical (unpaired) electrons. The highest BCUT2D eigenvalue weighted by atomic mass is 16.5. The number of hydrogen-bond donors (Lipinski definition) is 1. The zero-order valence-electron chi connectivity index (χ0n) is 23.2. The Morgan fingerprint density at radius 2 is 1.76 bits per heavy atom. The number of aliphatic hydroxyl groups is 1. The minimum atomic E-state index is -0.347. The number of carbonyl (C=O) groups is 1. The van der Waals surface area contributed by atoms with Crippen LogP contribution in [0.15, 0.2) is 22.5 Å². The topological polar surface area (TPSA) is 46.5 Å². The number of esters is 1. The second-order valence-corrected chi connectivity index (χ2v) is 13.5. The minimum Gasteiger partial charge on any atom is -0.511 e. The van der Waals surface area contributed by atoms with Crippen LogP contribution in [0.1, 0.15) is 113 Å². The third-order valence-corrected chi connectivity index (χ3v) is 11.6. The van der Waals surface area contributed by atoms with E-state index in [1.165, 1.54) is 52.1 Å². The molecule has 3 nitrogen and oxygen atoms in total. The standard InChI is InChI=1S/C31H50O3/c1-19(2)10-9-11-20(3)23-14-16-31(7)26-13-12-24-21(4)27(32)22(28(33)34-8)18-29(24,5)25(26)15-17-30(23,31)6/h19-21,23-24,32H,9-18H2,1-8H3/t20-,21-,23-,24-,29-,30+,31-/m0/s1. The SMILES string of the molecule is COC(=O)C1=C(O)[C@@H](C)[C@@H]2CCC3=C(CC[C@]4(C)[C@H]([C@@H](C)CCCC(C)C)CC[C@@]34C)[C@@]2(C)C1. The van der Waals surface area contributed by atoms with Crippen LogP contribution in [0.3, 0.4) is 0 Å². The first kappa shape index (κ1) is 25.8. The summed E-state index contributed by atoms with van der Waals surface area (Å²) in [5, 5.41) is 10.9. The molecule has 0 spiro atoms. The number of hydrogen-bond acceptors (Lipinski definition) is 3. The molecule has 0 unspecified atom stereocenters. The van der Waals surface area contributed by atoms with E-state index in [2.05, 4.69) is 48.5 Å². The van der Waals surface area contributed by atoms with Gasteiger partial charge in [0, 0.05) is 5.92 Å². The van der Waals surface area contributed by atoms with E-state index < -0.39 is 0 Å². The fraction of sp³-hybridized carbons (Fsp3) is 0.839. The third-order valence-electron chi connectivity index (χ3n) is 11.6. The van der Waals surface area contributed by atoms with Gasteiger partial charge in [0.15, 0.2) is 0 Å². The Labute approximate surface area is 208 Å². The molecule has 1 saturated carbocycles. The second-order valence-electron chi connectivity index (χ2n) is 13.5. The van der Waals surface area contributed by atoms with Gasteiger partial charge in [-0.2, -0.15) is 0 Å². The van der Waals surface area contributed by atoms with Crippen molar-refractivity contribution in [2.75, 3.05) is 7.11 Å². The Morgan fingerprint density at radius 1 is 1.06 bits per heavy atom. The van der Waals surface area contributed by atoms with Crippen LogP contribution in [0.2, 0.25) is 0 Å². The lowest BCUT2D eigenvalue weighted by atomic mass is 9.45. The predicted octanol–water partition coefficient (Wildman–Crippen LogP) is 8.40. The lowest BCUT2D eigenvalue weighted by Gasteiger charge is -2.59. The summed E-state index contributed by atoms with van der Waals surface area (Å²) >= 11 is 0. The summed E-state index contributed by atoms with van der Waals surface area (Å²) in [6.45, 7) is 16.9. The van der Waals surface area contributed by atoms with Crippen molar-refractivity contribution in [2.45, 2.75) is 113 Å². The van der Waals surface area contributed by atoms with Gasteiger partial charge in [-0.15, -0.1) is 0 Å². The number of ether oxygens (including phenoxy) is 1. The van der Waals surface area contributed by atoms with Gasteiger partial charge < -0.3 is 9.84 Å². The smallest absolute Gasteiger partial charge is 0.337 e. The Morgan fingerprint density at radius 3 is 2.41 bits per heavy atom. The number of fused-ring (bicyclic) bond motifs is 4. The summed E-state index contributed by atoms with van der Waals surface area (Å²) in [4.78, 5) is 12.6. The maximum absolute atomic E-state index is 12.6. The average Bonchev–Trinajstić information content (AvgIpc) is 3.07. The number of aliphatic hydroxyl groups excluding tert-OH is 1. The first-order valence-electron chi connectivity index (χ1n) is 14.1. The molecule has 0 saturated heterocycles. The summed E-state index contributed by atoms with van der Waals surface area (Å²) in [5.41, 5.74) is 4.48. The molecule has 0 aromatic rings. The van der Waals surface area contributed by atoms with Crippen LogP contribution < -0.4 is 0 Å². The maximum atomic E-state index is 12.6. The molecular formula is C31H50O3. The van der Waals surface area contributed by atoms with Gasteiger partial charge in [0.05, 0.1) is 12.7 Å². The number of allylic oxidation sites excluding steroid dienone is 3. The minimum absolute atomic E-state index is 0.0142. The van der Waals surface area contributed by atoms with Crippen molar-refractivity contribution < 1.29 is 14.6 Å². The largest absolute Gasteiger partial charge is 0.511 e. The predicted molar refractivity (Wildman–Crippen MR) is 139 cm³/mol. The van der Waals surface area contributed by atoms with Crippen LogP contribution in [0.25, 0.3) is 0 Å². The zero-order valence-corrected chi connectivity index (χ0v) is 23.2. The molecule has 3 heteroatoms. The highest BCUT2D eigenvalue weighted by molar-refractivity contribution is 5.89. The number of methoxy groups -OCH3 is 1. The van der Waals surface area contributed by atoms with Crippen molar-refractivity contribution in [1.82, 2.24) is 0 Å². The molecule has 1 N–H and O–H groups in total. The van der Waals surface area contributed by atoms with Gasteiger partial charge in [-0.3, -0.25) is 0 Å². The van der Waals surface area contributed by atoms with Crippen molar-refractivity contribution >= 4 is 5.97 Å². The Kier molecular flexibility index (Phi) is 6.84. The van der Waals surface area contributed by atoms with E-state index in [9.17, 15) is 9.90 Å². The lowest BCUT2D eigenvalue weighted by molar-refractivity contribution is -0.137. The molecule has 0 amide bonds. The summed E-state index contributed by atoms with van der Waals surface area (Å²) in [5.74, 6) is 2.75. The monoisotopic (exact) mass is 470 g/mol. The van der Waals surface area contributed by atoms with Crippen molar-refractivity contribution in [3.63, 3.8) is 0 Å². The van der Waals surface area contributed by atoms with Gasteiger partial charge in [0.25, 0.3) is 0 Å². The summed E-state index contributed by atoms with van der Waals surface area (Å²) in [7, 11) is 1.43. The van der Waals surface area contributed by atoms with Crippen LogP contribution in [0.4, 0.5) is 0 Å². The van der Waals surface area contributed by atoms with E-state index in [0.717, 1.165) is 30.6 Å². The van der Waals surface area contributed by atoms with Gasteiger partial charge in [-0.25, -0.2) is 4.79 Å². The highest BCUT2D eigenvalue weighted by Gasteiger charge is 2.62. The molecule has 4 aliphatic rings. The first-order valence-corrected chi connectivity index (χ1v) is 14.1. The van der Waals surface area contributed by atoms with Gasteiger partial charge in [-0.05, 0) is 84.9 Å². The molecule has 34 heavy (non-hydrogen) atoms. The van der Waals surface area contributed by atoms with Crippen LogP contribution in [0, 0.1) is 45.8 Å². The Bertz CT molecular complexity index is 881. The fourth-order valence-electron chi connectivity index (χ4n) is 9.41. The molecule has 0 aliphatic heterocycles. The molecule has 0 aromatic carbocycles. The molecule has 192 valence electrons. The summed E-state index contributed by atoms with van der Waals surface area (Å²) < 4.78 is 5.09. The molecule has 4 aliphatic carbocycles. The molecule has 0 heterocycles. The number of carbonyl (C=O) groups excluding carboxylic acids is 1. The fourth-order valence-corrected chi connectivity index (χ4v) is 9.41. The quantitative estimate of drug-likeness (QED) is 0.313. The normalized spacial score (nSPS) is 40.7. The van der Waals surface area contributed by atoms with Crippen LogP contribution in [0.5, 0.6) is 0 Å². The summed E-state index contributed by atoms with van der Waals surface area (Å²) in [6.07, 6.45) is 12.1. The lowest BCUT2D eigenvalue weighted by Crippen LogP contribution is -2.50. The second kappa shape index (κ2) is 9.00. The first-order chi connectivity index (χ1) is 15.9. The van der Waals surface area contributed by atoms with Gasteiger partial charge in [0.2, 0.25) is 0 Å². The number of rotatable bonds is 6. The van der Waals surface area contributed by atoms with Gasteiger partial charge >= 0.3 is 5.97 Å². The maximum Gasteiger partial charge on any atom is 0.337 e. The van der Waals surface area contributed by atoms with E-state index in [1.54, 1.807) is 11.1 Å². The van der Waals surface area contributed by atoms with Crippen LogP contribution >= 0.6 is 0 Å². The Hall–Kier alpha value is -1.25. The van der Waals surface area contributed by atoms with Crippen molar-refractivity contribution in [3.8, 4) is 0 Å². The van der Waals surface area contributed by atoms with E-state index in [1.807, 2.05) is 0 Å². The molecule has 0 aromatic heterocycles. The zero-order chi connectivity index (χ0) is 25.1. The highest BCUT2D eigenvalue weighted by Crippen LogP contribution is 2.71. The average molecular weight is 471 g/mol. The van der Waals surface area contributed by atoms with E-state index in [0.29, 0.717) is 23.3 Å². The van der Waals surface area contributed by atoms with Gasteiger partial charge in [-0.1, -0.05) is 78.9 Å². The molecule has 0 bridgehead atoms. The molecular weight excluding hydrogens is 420 g/mol. The Balaban J connectivity index is 1.66. The van der Waals surface area contributed by atoms with Crippen LogP contribution in [-0.2, 0) is 9.53 Å². The van der Waals surface area contributed by atoms with Gasteiger partial charge in [0.1, 0.15) is 5.76 Å². The van der Waals surface area contributed by atoms with E-state index in [-0.39, 0.29) is 28.5 Å². The molecule has 1 fully saturated rings. The molecule has 4 rings (SSSR count). The van der Waals surface area contributed by atoms with E-state index >= 15 is 0 Å². The summed E-state index contributed by atoms with van der Waals surface area (Å²) in [6, 6.07) is 0. The third kappa shape index (κ3) is 3.70. The van der Waals surface area contributed by atoms with Crippen molar-refractivity contribution in [2.24, 2.45) is 45.8 Å². The van der Waals surface area contributed by atoms with Crippen molar-refractivity contribution in [1.29, 1.82) is 0 Å².